The predicted molar refractivity (Wildman–Crippen MR) is 45.6 cm³/mol. The summed E-state index contributed by atoms with van der Waals surface area (Å²) in [6.45, 7) is 3.00. The van der Waals surface area contributed by atoms with Gasteiger partial charge in [-0.15, -0.1) is 0 Å². The summed E-state index contributed by atoms with van der Waals surface area (Å²) in [5.41, 5.74) is 6.41. The van der Waals surface area contributed by atoms with Crippen molar-refractivity contribution in [2.75, 3.05) is 20.6 Å². The van der Waals surface area contributed by atoms with Gasteiger partial charge in [-0.2, -0.15) is 0 Å². The average molecular weight is 140 g/mol. The van der Waals surface area contributed by atoms with E-state index in [2.05, 4.69) is 11.0 Å². The van der Waals surface area contributed by atoms with E-state index in [1.165, 1.54) is 5.57 Å². The molecule has 2 N–H and O–H groups in total. The highest BCUT2D eigenvalue weighted by molar-refractivity contribution is 5.15. The largest absolute Gasteiger partial charge is 0.405 e. The molecule has 0 radical (unpaired) electrons. The third-order valence-corrected chi connectivity index (χ3v) is 1.14. The molecule has 0 bridgehead atoms. The zero-order valence-electron chi connectivity index (χ0n) is 6.96. The maximum atomic E-state index is 5.20. The summed E-state index contributed by atoms with van der Waals surface area (Å²) in [5, 5.41) is 0. The van der Waals surface area contributed by atoms with Crippen LogP contribution in [0.3, 0.4) is 0 Å². The molecule has 0 aromatic rings. The van der Waals surface area contributed by atoms with Gasteiger partial charge in [-0.05, 0) is 33.3 Å². The lowest BCUT2D eigenvalue weighted by Crippen LogP contribution is -2.10. The molecule has 0 aliphatic rings. The zero-order chi connectivity index (χ0) is 7.98. The topological polar surface area (TPSA) is 29.3 Å². The monoisotopic (exact) mass is 140 g/mol. The van der Waals surface area contributed by atoms with Gasteiger partial charge in [0.05, 0.1) is 0 Å². The van der Waals surface area contributed by atoms with Crippen molar-refractivity contribution in [1.29, 1.82) is 0 Å². The van der Waals surface area contributed by atoms with Gasteiger partial charge in [0.2, 0.25) is 0 Å². The number of nitrogens with zero attached hydrogens (tertiary/aromatic N) is 1. The highest BCUT2D eigenvalue weighted by Gasteiger charge is 1.83. The molecule has 0 rings (SSSR count). The Morgan fingerprint density at radius 1 is 1.50 bits per heavy atom. The quantitative estimate of drug-likeness (QED) is 0.592. The minimum absolute atomic E-state index is 0.968. The van der Waals surface area contributed by atoms with Crippen molar-refractivity contribution in [3.63, 3.8) is 0 Å². The van der Waals surface area contributed by atoms with Crippen LogP contribution in [-0.4, -0.2) is 25.5 Å². The van der Waals surface area contributed by atoms with Crippen LogP contribution in [0.25, 0.3) is 0 Å². The van der Waals surface area contributed by atoms with Gasteiger partial charge in [0, 0.05) is 6.54 Å². The minimum Gasteiger partial charge on any atom is -0.405 e. The normalized spacial score (nSPS) is 13.4. The number of rotatable bonds is 3. The lowest BCUT2D eigenvalue weighted by molar-refractivity contribution is 0.456. The fourth-order valence-electron chi connectivity index (χ4n) is 0.546. The van der Waals surface area contributed by atoms with E-state index in [4.69, 9.17) is 5.73 Å². The van der Waals surface area contributed by atoms with E-state index in [1.807, 2.05) is 27.1 Å². The molecular formula is C8H16N2. The van der Waals surface area contributed by atoms with Crippen molar-refractivity contribution in [2.24, 2.45) is 5.73 Å². The molecule has 0 amide bonds. The lowest BCUT2D eigenvalue weighted by atomic mass is 10.3. The van der Waals surface area contributed by atoms with Crippen molar-refractivity contribution < 1.29 is 0 Å². The van der Waals surface area contributed by atoms with Crippen molar-refractivity contribution >= 4 is 0 Å². The van der Waals surface area contributed by atoms with Crippen molar-refractivity contribution in [3.8, 4) is 0 Å². The van der Waals surface area contributed by atoms with Crippen LogP contribution in [-0.2, 0) is 0 Å². The molecule has 0 aliphatic carbocycles. The second kappa shape index (κ2) is 5.06. The van der Waals surface area contributed by atoms with Gasteiger partial charge in [0.1, 0.15) is 0 Å². The lowest BCUT2D eigenvalue weighted by Gasteiger charge is -2.04. The van der Waals surface area contributed by atoms with Gasteiger partial charge in [0.15, 0.2) is 0 Å². The Kier molecular flexibility index (Phi) is 4.67. The smallest absolute Gasteiger partial charge is 0.0162 e. The van der Waals surface area contributed by atoms with Crippen molar-refractivity contribution in [2.45, 2.75) is 6.92 Å². The number of allylic oxidation sites excluding steroid dienone is 2. The molecule has 58 valence electrons. The summed E-state index contributed by atoms with van der Waals surface area (Å²) in [4.78, 5) is 2.11. The summed E-state index contributed by atoms with van der Waals surface area (Å²) in [6, 6.07) is 0. The molecule has 0 aromatic carbocycles. The number of hydrogen-bond acceptors (Lipinski definition) is 2. The van der Waals surface area contributed by atoms with Crippen molar-refractivity contribution in [1.82, 2.24) is 4.90 Å². The van der Waals surface area contributed by atoms with Crippen LogP contribution in [0.4, 0.5) is 0 Å². The first-order valence-electron chi connectivity index (χ1n) is 3.36. The third kappa shape index (κ3) is 5.38. The standard InChI is InChI=1S/C8H16N2/c1-8(4-6-9)5-7-10(2)3/h4-6H,7,9H2,1-3H3/b6-4-,8-5-. The van der Waals surface area contributed by atoms with Gasteiger partial charge >= 0.3 is 0 Å². The summed E-state index contributed by atoms with van der Waals surface area (Å²) in [7, 11) is 4.08. The first-order valence-corrected chi connectivity index (χ1v) is 3.36. The molecule has 0 heterocycles. The van der Waals surface area contributed by atoms with Gasteiger partial charge in [0.25, 0.3) is 0 Å². The van der Waals surface area contributed by atoms with Crippen LogP contribution in [0.2, 0.25) is 0 Å². The second-order valence-electron chi connectivity index (χ2n) is 2.57. The van der Waals surface area contributed by atoms with Crippen LogP contribution in [0.5, 0.6) is 0 Å². The van der Waals surface area contributed by atoms with Gasteiger partial charge in [-0.3, -0.25) is 0 Å². The molecule has 2 heteroatoms. The summed E-state index contributed by atoms with van der Waals surface area (Å²) in [6.07, 6.45) is 5.58. The zero-order valence-corrected chi connectivity index (χ0v) is 6.96. The van der Waals surface area contributed by atoms with Crippen LogP contribution >= 0.6 is 0 Å². The summed E-state index contributed by atoms with van der Waals surface area (Å²) < 4.78 is 0. The van der Waals surface area contributed by atoms with E-state index in [0.717, 1.165) is 6.54 Å². The molecule has 0 fully saturated rings. The Hall–Kier alpha value is -0.760. The van der Waals surface area contributed by atoms with E-state index >= 15 is 0 Å². The van der Waals surface area contributed by atoms with Crippen LogP contribution < -0.4 is 5.73 Å². The maximum absolute atomic E-state index is 5.20. The Labute approximate surface area is 63.0 Å². The highest BCUT2D eigenvalue weighted by Crippen LogP contribution is 1.92. The second-order valence-corrected chi connectivity index (χ2v) is 2.57. The van der Waals surface area contributed by atoms with E-state index in [0.29, 0.717) is 0 Å². The summed E-state index contributed by atoms with van der Waals surface area (Å²) >= 11 is 0. The highest BCUT2D eigenvalue weighted by atomic mass is 15.0. The molecule has 10 heavy (non-hydrogen) atoms. The molecule has 2 nitrogen and oxygen atoms in total. The third-order valence-electron chi connectivity index (χ3n) is 1.14. The van der Waals surface area contributed by atoms with Crippen LogP contribution in [0.1, 0.15) is 6.92 Å². The van der Waals surface area contributed by atoms with Crippen molar-refractivity contribution in [3.05, 3.63) is 23.9 Å². The van der Waals surface area contributed by atoms with E-state index in [1.54, 1.807) is 6.20 Å². The predicted octanol–water partition coefficient (Wildman–Crippen LogP) is 0.967. The number of likely N-dealkylation sites (N-methyl/N-ethyl adjacent to an activating group) is 1. The Bertz CT molecular complexity index is 134. The van der Waals surface area contributed by atoms with Gasteiger partial charge in [-0.25, -0.2) is 0 Å². The molecule has 0 atom stereocenters. The van der Waals surface area contributed by atoms with Gasteiger partial charge in [-0.1, -0.05) is 11.6 Å². The fraction of sp³-hybridized carbons (Fsp3) is 0.500. The Morgan fingerprint density at radius 2 is 2.10 bits per heavy atom. The van der Waals surface area contributed by atoms with Crippen LogP contribution in [0.15, 0.2) is 23.9 Å². The molecule has 0 unspecified atom stereocenters. The van der Waals surface area contributed by atoms with E-state index in [9.17, 15) is 0 Å². The Morgan fingerprint density at radius 3 is 2.50 bits per heavy atom. The maximum Gasteiger partial charge on any atom is 0.0162 e. The van der Waals surface area contributed by atoms with Crippen LogP contribution in [0, 0.1) is 0 Å². The average Bonchev–Trinajstić information content (AvgIpc) is 1.85. The number of hydrogen-bond donors (Lipinski definition) is 1. The minimum atomic E-state index is 0.968. The fourth-order valence-corrected chi connectivity index (χ4v) is 0.546. The molecule has 0 aliphatic heterocycles. The molecule has 0 aromatic heterocycles. The first-order chi connectivity index (χ1) is 4.66. The summed E-state index contributed by atoms with van der Waals surface area (Å²) in [5.74, 6) is 0. The molecular weight excluding hydrogens is 124 g/mol. The molecule has 0 saturated carbocycles. The number of nitrogens with two attached hydrogens (primary N) is 1. The molecule has 0 saturated heterocycles. The van der Waals surface area contributed by atoms with E-state index in [-0.39, 0.29) is 0 Å². The first kappa shape index (κ1) is 9.24. The van der Waals surface area contributed by atoms with Gasteiger partial charge < -0.3 is 10.6 Å². The van der Waals surface area contributed by atoms with E-state index < -0.39 is 0 Å². The SMILES string of the molecule is CC(/C=C\N)=C/CN(C)C. The Balaban J connectivity index is 3.68. The molecule has 0 spiro atoms.